The maximum Gasteiger partial charge on any atom is 0.130 e. The molecule has 0 bridgehead atoms. The quantitative estimate of drug-likeness (QED) is 0.611. The number of ether oxygens (including phenoxy) is 1. The topological polar surface area (TPSA) is 9.23 Å². The smallest absolute Gasteiger partial charge is 0.130 e. The summed E-state index contributed by atoms with van der Waals surface area (Å²) in [6, 6.07) is 7.84. The highest BCUT2D eigenvalue weighted by molar-refractivity contribution is 5.44. The van der Waals surface area contributed by atoms with E-state index >= 15 is 0 Å². The maximum atomic E-state index is 13.3. The average molecular weight is 190 g/mol. The number of hydrogen-bond donors (Lipinski definition) is 0. The van der Waals surface area contributed by atoms with Gasteiger partial charge in [-0.25, -0.2) is 4.39 Å². The van der Waals surface area contributed by atoms with Gasteiger partial charge in [0.05, 0.1) is 5.92 Å². The summed E-state index contributed by atoms with van der Waals surface area (Å²) >= 11 is 0. The lowest BCUT2D eigenvalue weighted by Gasteiger charge is -2.44. The second-order valence-electron chi connectivity index (χ2n) is 3.99. The fraction of sp³-hybridized carbons (Fsp3) is 0.333. The van der Waals surface area contributed by atoms with Crippen LogP contribution in [0.15, 0.2) is 36.6 Å². The molecule has 72 valence electrons. The monoisotopic (exact) mass is 190 g/mol. The van der Waals surface area contributed by atoms with Gasteiger partial charge in [0, 0.05) is 5.92 Å². The Hall–Kier alpha value is -1.31. The van der Waals surface area contributed by atoms with Crippen LogP contribution in [0.4, 0.5) is 4.39 Å². The zero-order valence-electron chi connectivity index (χ0n) is 7.74. The van der Waals surface area contributed by atoms with Crippen LogP contribution in [0.2, 0.25) is 0 Å². The van der Waals surface area contributed by atoms with Crippen LogP contribution in [-0.2, 0) is 0 Å². The molecule has 1 aromatic carbocycles. The Morgan fingerprint density at radius 3 is 2.93 bits per heavy atom. The molecule has 3 atom stereocenters. The molecule has 2 unspecified atom stereocenters. The van der Waals surface area contributed by atoms with Crippen molar-refractivity contribution in [1.82, 2.24) is 0 Å². The molecule has 0 saturated heterocycles. The second kappa shape index (κ2) is 2.59. The molecule has 2 aliphatic rings. The molecule has 3 rings (SSSR count). The molecule has 1 aromatic rings. The molecule has 0 radical (unpaired) electrons. The molecule has 1 nitrogen and oxygen atoms in total. The Morgan fingerprint density at radius 1 is 1.36 bits per heavy atom. The van der Waals surface area contributed by atoms with Gasteiger partial charge in [-0.1, -0.05) is 24.8 Å². The summed E-state index contributed by atoms with van der Waals surface area (Å²) in [5, 5.41) is 0. The summed E-state index contributed by atoms with van der Waals surface area (Å²) in [6.07, 6.45) is -0.148. The Balaban J connectivity index is 2.07. The van der Waals surface area contributed by atoms with Gasteiger partial charge in [-0.3, -0.25) is 0 Å². The number of rotatable bonds is 0. The lowest BCUT2D eigenvalue weighted by atomic mass is 9.66. The van der Waals surface area contributed by atoms with Crippen LogP contribution in [0.25, 0.3) is 0 Å². The summed E-state index contributed by atoms with van der Waals surface area (Å²) in [5.41, 5.74) is 1.14. The van der Waals surface area contributed by atoms with Crippen molar-refractivity contribution in [3.63, 3.8) is 0 Å². The molecule has 1 aliphatic carbocycles. The molecule has 1 fully saturated rings. The number of alkyl halides is 1. The van der Waals surface area contributed by atoms with Crippen molar-refractivity contribution in [3.05, 3.63) is 42.2 Å². The minimum absolute atomic E-state index is 0.107. The van der Waals surface area contributed by atoms with Crippen molar-refractivity contribution in [2.45, 2.75) is 18.5 Å². The fourth-order valence-corrected chi connectivity index (χ4v) is 2.43. The fourth-order valence-electron chi connectivity index (χ4n) is 2.43. The van der Waals surface area contributed by atoms with Gasteiger partial charge in [-0.2, -0.15) is 0 Å². The number of para-hydroxylation sites is 1. The van der Waals surface area contributed by atoms with Crippen LogP contribution in [0, 0.1) is 5.92 Å². The largest absolute Gasteiger partial charge is 0.462 e. The molecular formula is C12H11FO. The molecule has 1 heterocycles. The van der Waals surface area contributed by atoms with E-state index in [2.05, 4.69) is 6.58 Å². The highest BCUT2D eigenvalue weighted by atomic mass is 19.1. The Labute approximate surface area is 82.2 Å². The van der Waals surface area contributed by atoms with Gasteiger partial charge in [0.2, 0.25) is 0 Å². The number of halogens is 1. The van der Waals surface area contributed by atoms with E-state index in [1.165, 1.54) is 0 Å². The normalized spacial score (nSPS) is 33.8. The van der Waals surface area contributed by atoms with Crippen molar-refractivity contribution >= 4 is 0 Å². The predicted molar refractivity (Wildman–Crippen MR) is 52.0 cm³/mol. The lowest BCUT2D eigenvalue weighted by Crippen LogP contribution is -2.41. The van der Waals surface area contributed by atoms with Crippen LogP contribution in [0.3, 0.4) is 0 Å². The third-order valence-corrected chi connectivity index (χ3v) is 3.23. The summed E-state index contributed by atoms with van der Waals surface area (Å²) in [6.45, 7) is 3.78. The molecular weight excluding hydrogens is 179 g/mol. The molecule has 1 saturated carbocycles. The van der Waals surface area contributed by atoms with Gasteiger partial charge in [0.15, 0.2) is 0 Å². The highest BCUT2D eigenvalue weighted by Crippen LogP contribution is 2.53. The van der Waals surface area contributed by atoms with Gasteiger partial charge in [-0.15, -0.1) is 0 Å². The first-order valence-corrected chi connectivity index (χ1v) is 4.87. The molecule has 14 heavy (non-hydrogen) atoms. The van der Waals surface area contributed by atoms with Crippen LogP contribution >= 0.6 is 0 Å². The zero-order valence-corrected chi connectivity index (χ0v) is 7.74. The van der Waals surface area contributed by atoms with E-state index in [-0.39, 0.29) is 5.92 Å². The Kier molecular flexibility index (Phi) is 1.49. The van der Waals surface area contributed by atoms with Crippen molar-refractivity contribution in [2.24, 2.45) is 5.92 Å². The first-order valence-electron chi connectivity index (χ1n) is 4.87. The van der Waals surface area contributed by atoms with E-state index in [4.69, 9.17) is 4.74 Å². The average Bonchev–Trinajstić information content (AvgIpc) is 2.14. The third kappa shape index (κ3) is 0.884. The standard InChI is InChI=1S/C12H11FO/c1-7-12-9(6-10(12)13)8-4-2-3-5-11(8)14-7/h2-5,9-10,12H,1,6H2/t9-,10?,12?/m1/s1. The predicted octanol–water partition coefficient (Wildman–Crippen LogP) is 3.03. The first-order chi connectivity index (χ1) is 6.77. The third-order valence-electron chi connectivity index (χ3n) is 3.23. The van der Waals surface area contributed by atoms with Crippen LogP contribution < -0.4 is 4.74 Å². The Morgan fingerprint density at radius 2 is 2.14 bits per heavy atom. The van der Waals surface area contributed by atoms with Gasteiger partial charge >= 0.3 is 0 Å². The zero-order chi connectivity index (χ0) is 9.71. The SMILES string of the molecule is C=C1Oc2ccccc2[C@H]2CC(F)C12. The highest BCUT2D eigenvalue weighted by Gasteiger charge is 2.48. The molecule has 1 aliphatic heterocycles. The number of fused-ring (bicyclic) bond motifs is 3. The minimum Gasteiger partial charge on any atom is -0.462 e. The molecule has 0 N–H and O–H groups in total. The van der Waals surface area contributed by atoms with Crippen molar-refractivity contribution in [3.8, 4) is 5.75 Å². The van der Waals surface area contributed by atoms with E-state index in [0.717, 1.165) is 11.3 Å². The second-order valence-corrected chi connectivity index (χ2v) is 3.99. The van der Waals surface area contributed by atoms with Crippen LogP contribution in [0.1, 0.15) is 17.9 Å². The van der Waals surface area contributed by atoms with Gasteiger partial charge in [-0.05, 0) is 18.1 Å². The number of benzene rings is 1. The van der Waals surface area contributed by atoms with Crippen molar-refractivity contribution in [1.29, 1.82) is 0 Å². The number of hydrogen-bond acceptors (Lipinski definition) is 1. The first kappa shape index (κ1) is 8.04. The van der Waals surface area contributed by atoms with Gasteiger partial charge in [0.25, 0.3) is 0 Å². The minimum atomic E-state index is -0.763. The summed E-state index contributed by atoms with van der Waals surface area (Å²) in [7, 11) is 0. The lowest BCUT2D eigenvalue weighted by molar-refractivity contribution is 0.0639. The molecule has 2 heteroatoms. The molecule has 0 aromatic heterocycles. The van der Waals surface area contributed by atoms with Gasteiger partial charge < -0.3 is 4.74 Å². The van der Waals surface area contributed by atoms with Crippen molar-refractivity contribution in [2.75, 3.05) is 0 Å². The van der Waals surface area contributed by atoms with Crippen LogP contribution in [-0.4, -0.2) is 6.17 Å². The summed E-state index contributed by atoms with van der Waals surface area (Å²) in [5.74, 6) is 1.63. The molecule has 0 amide bonds. The summed E-state index contributed by atoms with van der Waals surface area (Å²) < 4.78 is 18.8. The Bertz CT molecular complexity index is 399. The summed E-state index contributed by atoms with van der Waals surface area (Å²) in [4.78, 5) is 0. The van der Waals surface area contributed by atoms with Crippen molar-refractivity contribution < 1.29 is 9.13 Å². The maximum absolute atomic E-state index is 13.3. The molecule has 0 spiro atoms. The van der Waals surface area contributed by atoms with E-state index in [1.54, 1.807) is 0 Å². The van der Waals surface area contributed by atoms with E-state index in [1.807, 2.05) is 24.3 Å². The van der Waals surface area contributed by atoms with E-state index < -0.39 is 6.17 Å². The van der Waals surface area contributed by atoms with E-state index in [0.29, 0.717) is 18.1 Å². The van der Waals surface area contributed by atoms with Gasteiger partial charge in [0.1, 0.15) is 17.7 Å². The van der Waals surface area contributed by atoms with Crippen LogP contribution in [0.5, 0.6) is 5.75 Å². The number of allylic oxidation sites excluding steroid dienone is 1. The van der Waals surface area contributed by atoms with E-state index in [9.17, 15) is 4.39 Å².